The predicted molar refractivity (Wildman–Crippen MR) is 380 cm³/mol. The summed E-state index contributed by atoms with van der Waals surface area (Å²) in [6.45, 7) is 2.29. The van der Waals surface area contributed by atoms with E-state index in [0.29, 0.717) is 19.3 Å². The fourth-order valence-corrected chi connectivity index (χ4v) is 10.3. The number of aliphatic hydroxyl groups excluding tert-OH is 2. The maximum absolute atomic E-state index is 12.9. The molecule has 0 heterocycles. The molecule has 4 N–H and O–H groups in total. The summed E-state index contributed by atoms with van der Waals surface area (Å²) < 4.78 is 60.9. The van der Waals surface area contributed by atoms with E-state index in [2.05, 4.69) is 167 Å². The zero-order valence-corrected chi connectivity index (χ0v) is 59.2. The molecule has 0 aromatic carbocycles. The molecule has 0 spiro atoms. The molecule has 0 aliphatic rings. The van der Waals surface area contributed by atoms with Crippen LogP contribution in [-0.2, 0) is 55.8 Å². The molecule has 0 aromatic heterocycles. The number of phosphoric acid groups is 2. The van der Waals surface area contributed by atoms with Gasteiger partial charge in [0, 0.05) is 19.3 Å². The van der Waals surface area contributed by atoms with E-state index in [9.17, 15) is 43.5 Å². The number of hydrogen-bond acceptors (Lipinski definition) is 14. The van der Waals surface area contributed by atoms with Gasteiger partial charge < -0.3 is 34.2 Å². The Kier molecular flexibility index (Phi) is 64.1. The van der Waals surface area contributed by atoms with Crippen LogP contribution < -0.4 is 0 Å². The van der Waals surface area contributed by atoms with Crippen molar-refractivity contribution in [2.45, 2.75) is 270 Å². The third-order valence-corrected chi connectivity index (χ3v) is 15.9. The molecule has 0 amide bonds. The van der Waals surface area contributed by atoms with Crippen LogP contribution in [0.1, 0.15) is 252 Å². The summed E-state index contributed by atoms with van der Waals surface area (Å²) in [7, 11) is -9.80. The van der Waals surface area contributed by atoms with Crippen molar-refractivity contribution in [3.63, 3.8) is 0 Å². The molecule has 16 nitrogen and oxygen atoms in total. The van der Waals surface area contributed by atoms with Crippen LogP contribution in [-0.4, -0.2) is 95.9 Å². The number of allylic oxidation sites excluding steroid dienone is 24. The van der Waals surface area contributed by atoms with Gasteiger partial charge >= 0.3 is 33.6 Å². The Morgan fingerprint density at radius 3 is 0.914 bits per heavy atom. The van der Waals surface area contributed by atoms with Crippen LogP contribution in [0.2, 0.25) is 0 Å². The van der Waals surface area contributed by atoms with Gasteiger partial charge in [0.1, 0.15) is 25.4 Å². The van der Waals surface area contributed by atoms with E-state index in [0.717, 1.165) is 167 Å². The fraction of sp³-hybridized carbons (Fsp3) is 0.640. The van der Waals surface area contributed by atoms with Gasteiger partial charge in [0.25, 0.3) is 0 Å². The van der Waals surface area contributed by atoms with E-state index in [1.54, 1.807) is 0 Å². The number of unbranched alkanes of at least 4 members (excludes halogenated alkanes) is 18. The van der Waals surface area contributed by atoms with Crippen molar-refractivity contribution in [1.29, 1.82) is 0 Å². The second-order valence-corrected chi connectivity index (χ2v) is 25.8. The van der Waals surface area contributed by atoms with Crippen LogP contribution in [0.5, 0.6) is 0 Å². The molecular weight excluding hydrogens is 1220 g/mol. The first-order chi connectivity index (χ1) is 45.2. The van der Waals surface area contributed by atoms with Gasteiger partial charge in [-0.2, -0.15) is 0 Å². The Balaban J connectivity index is 4.61. The van der Waals surface area contributed by atoms with E-state index >= 15 is 0 Å². The summed E-state index contributed by atoms with van der Waals surface area (Å²) in [4.78, 5) is 58.4. The van der Waals surface area contributed by atoms with Gasteiger partial charge in [-0.1, -0.05) is 244 Å². The van der Waals surface area contributed by atoms with Crippen molar-refractivity contribution in [2.24, 2.45) is 0 Å². The average Bonchev–Trinajstić information content (AvgIpc) is 3.74. The minimum atomic E-state index is -4.94. The fourth-order valence-electron chi connectivity index (χ4n) is 8.72. The molecular formula is C75H124O16P2. The standard InChI is InChI=1S/C75H124O16P2/c1-4-7-10-13-16-19-22-25-27-29-31-32-33-34-35-36-38-40-41-44-46-49-52-55-58-61-73(78)85-64-70(76)65-87-92(81,82)88-66-71(77)67-89-93(83,84)90-69-72(91-75(80)63-60-57-54-51-48-43-24-21-18-15-12-9-6-3)68-86-74(79)62-59-56-53-50-47-45-42-39-37-30-28-26-23-20-17-14-11-8-5-2/h7-8,10-12,15-17,19-21,24-28,31-32,34-35,37,39,45,47,70-72,76-77H,4-6,9,13-14,18,22-23,29-30,33,36,38,40-44,46,48-69H2,1-3H3,(H,81,82)(H,83,84)/b10-7-,11-8-,15-12-,19-16-,20-17-,24-21-,27-25-,28-26-,32-31-,35-34-,39-37-,47-45-. The molecule has 0 fully saturated rings. The Morgan fingerprint density at radius 1 is 0.312 bits per heavy atom. The summed E-state index contributed by atoms with van der Waals surface area (Å²) in [5.41, 5.74) is 0. The first-order valence-corrected chi connectivity index (χ1v) is 38.1. The van der Waals surface area contributed by atoms with Crippen molar-refractivity contribution in [3.05, 3.63) is 146 Å². The van der Waals surface area contributed by atoms with E-state index in [1.165, 1.54) is 25.7 Å². The Bertz CT molecular complexity index is 2280. The highest BCUT2D eigenvalue weighted by molar-refractivity contribution is 7.47. The van der Waals surface area contributed by atoms with Crippen molar-refractivity contribution in [2.75, 3.05) is 39.6 Å². The smallest absolute Gasteiger partial charge is 0.463 e. The molecule has 0 bridgehead atoms. The number of phosphoric ester groups is 2. The molecule has 0 aliphatic heterocycles. The predicted octanol–water partition coefficient (Wildman–Crippen LogP) is 19.8. The Labute approximate surface area is 562 Å². The number of aliphatic hydroxyl groups is 2. The van der Waals surface area contributed by atoms with Crippen LogP contribution in [0.15, 0.2) is 146 Å². The number of carbonyl (C=O) groups excluding carboxylic acids is 3. The maximum atomic E-state index is 12.9. The van der Waals surface area contributed by atoms with Crippen molar-refractivity contribution in [3.8, 4) is 0 Å². The Morgan fingerprint density at radius 2 is 0.570 bits per heavy atom. The van der Waals surface area contributed by atoms with Gasteiger partial charge in [-0.15, -0.1) is 0 Å². The maximum Gasteiger partial charge on any atom is 0.472 e. The van der Waals surface area contributed by atoms with Crippen LogP contribution in [0, 0.1) is 0 Å². The second-order valence-electron chi connectivity index (χ2n) is 22.9. The molecule has 0 saturated heterocycles. The normalized spacial score (nSPS) is 15.0. The molecule has 5 atom stereocenters. The number of rotatable bonds is 65. The van der Waals surface area contributed by atoms with Crippen LogP contribution in [0.3, 0.4) is 0 Å². The lowest BCUT2D eigenvalue weighted by molar-refractivity contribution is -0.161. The van der Waals surface area contributed by atoms with Gasteiger partial charge in [-0.25, -0.2) is 9.13 Å². The topological polar surface area (TPSA) is 231 Å². The lowest BCUT2D eigenvalue weighted by Crippen LogP contribution is -2.30. The highest BCUT2D eigenvalue weighted by Gasteiger charge is 2.29. The first-order valence-electron chi connectivity index (χ1n) is 35.1. The first kappa shape index (κ1) is 88.4. The SMILES string of the molecule is CC/C=C\C/C=C\C/C=C\C/C=C\C/C=C\CCCCCCCCCCCC(=O)OCC(O)COP(=O)(O)OCC(O)COP(=O)(O)OCC(COC(=O)CCCCC/C=C\C/C=C\C/C=C\C/C=C\C/C=C\CC)OC(=O)CCCCCCC/C=C\C/C=C\CCC. The number of carbonyl (C=O) groups is 3. The molecule has 0 aromatic rings. The summed E-state index contributed by atoms with van der Waals surface area (Å²) in [5, 5.41) is 20.6. The summed E-state index contributed by atoms with van der Waals surface area (Å²) in [6.07, 6.45) is 80.5. The molecule has 18 heteroatoms. The van der Waals surface area contributed by atoms with Crippen LogP contribution in [0.4, 0.5) is 0 Å². The van der Waals surface area contributed by atoms with Crippen LogP contribution in [0.25, 0.3) is 0 Å². The summed E-state index contributed by atoms with van der Waals surface area (Å²) in [6, 6.07) is 0. The summed E-state index contributed by atoms with van der Waals surface area (Å²) in [5.74, 6) is -1.64. The monoisotopic (exact) mass is 1340 g/mol. The number of hydrogen-bond donors (Lipinski definition) is 4. The molecule has 0 aliphatic carbocycles. The Hall–Kier alpha value is -4.57. The van der Waals surface area contributed by atoms with Crippen LogP contribution >= 0.6 is 15.6 Å². The lowest BCUT2D eigenvalue weighted by Gasteiger charge is -2.21. The number of esters is 3. The molecule has 530 valence electrons. The molecule has 0 radical (unpaired) electrons. The highest BCUT2D eigenvalue weighted by Crippen LogP contribution is 2.45. The molecule has 0 rings (SSSR count). The second kappa shape index (κ2) is 67.4. The average molecular weight is 1340 g/mol. The van der Waals surface area contributed by atoms with Crippen molar-refractivity contribution in [1.82, 2.24) is 0 Å². The molecule has 5 unspecified atom stereocenters. The van der Waals surface area contributed by atoms with Gasteiger partial charge in [-0.3, -0.25) is 32.5 Å². The molecule has 93 heavy (non-hydrogen) atoms. The van der Waals surface area contributed by atoms with Crippen molar-refractivity contribution >= 4 is 33.6 Å². The van der Waals surface area contributed by atoms with Gasteiger partial charge in [0.15, 0.2) is 6.10 Å². The third kappa shape index (κ3) is 68.6. The lowest BCUT2D eigenvalue weighted by atomic mass is 10.1. The zero-order valence-electron chi connectivity index (χ0n) is 57.4. The van der Waals surface area contributed by atoms with E-state index in [-0.39, 0.29) is 19.3 Å². The minimum Gasteiger partial charge on any atom is -0.463 e. The summed E-state index contributed by atoms with van der Waals surface area (Å²) >= 11 is 0. The quantitative estimate of drug-likeness (QED) is 0.0146. The number of ether oxygens (including phenoxy) is 3. The van der Waals surface area contributed by atoms with E-state index in [1.807, 2.05) is 0 Å². The van der Waals surface area contributed by atoms with Gasteiger partial charge in [0.2, 0.25) is 0 Å². The van der Waals surface area contributed by atoms with Gasteiger partial charge in [-0.05, 0) is 135 Å². The third-order valence-electron chi connectivity index (χ3n) is 14.0. The van der Waals surface area contributed by atoms with Gasteiger partial charge in [0.05, 0.1) is 26.4 Å². The van der Waals surface area contributed by atoms with Crippen molar-refractivity contribution < 1.29 is 75.8 Å². The largest absolute Gasteiger partial charge is 0.472 e. The van der Waals surface area contributed by atoms with E-state index in [4.69, 9.17) is 32.3 Å². The van der Waals surface area contributed by atoms with E-state index < -0.39 is 91.5 Å². The molecule has 0 saturated carbocycles. The highest BCUT2D eigenvalue weighted by atomic mass is 31.2. The zero-order chi connectivity index (χ0) is 68.1. The minimum absolute atomic E-state index is 0.0761.